The summed E-state index contributed by atoms with van der Waals surface area (Å²) in [6, 6.07) is 6.95. The molecule has 2 N–H and O–H groups in total. The van der Waals surface area contributed by atoms with Gasteiger partial charge in [0, 0.05) is 18.0 Å². The molecule has 0 spiro atoms. The van der Waals surface area contributed by atoms with Gasteiger partial charge in [-0.25, -0.2) is 14.6 Å². The first-order chi connectivity index (χ1) is 14.3. The smallest absolute Gasteiger partial charge is 0.254 e. The highest BCUT2D eigenvalue weighted by Gasteiger charge is 2.17. The lowest BCUT2D eigenvalue weighted by Gasteiger charge is -2.10. The van der Waals surface area contributed by atoms with E-state index in [0.717, 1.165) is 22.4 Å². The number of amides is 1. The molecular formula is C20H17Cl3N6O. The third kappa shape index (κ3) is 4.14. The molecule has 0 fully saturated rings. The fraction of sp³-hybridized carbons (Fsp3) is 0.200. The zero-order chi connectivity index (χ0) is 21.4. The van der Waals surface area contributed by atoms with Crippen LogP contribution in [0.15, 0.2) is 30.6 Å². The minimum atomic E-state index is -0.360. The van der Waals surface area contributed by atoms with Crippen molar-refractivity contribution < 1.29 is 4.79 Å². The van der Waals surface area contributed by atoms with E-state index in [2.05, 4.69) is 25.4 Å². The number of carbonyl (C=O) groups excluding carboxylic acids is 1. The average Bonchev–Trinajstić information content (AvgIpc) is 3.27. The van der Waals surface area contributed by atoms with Crippen LogP contribution >= 0.6 is 34.8 Å². The number of nitrogens with one attached hydrogen (secondary N) is 2. The van der Waals surface area contributed by atoms with Crippen LogP contribution in [0.5, 0.6) is 0 Å². The van der Waals surface area contributed by atoms with Gasteiger partial charge in [0.25, 0.3) is 5.91 Å². The van der Waals surface area contributed by atoms with E-state index in [4.69, 9.17) is 34.8 Å². The molecule has 2 aromatic carbocycles. The third-order valence-corrected chi connectivity index (χ3v) is 5.38. The minimum absolute atomic E-state index is 0.214. The summed E-state index contributed by atoms with van der Waals surface area (Å²) in [7, 11) is 0. The maximum Gasteiger partial charge on any atom is 0.254 e. The lowest BCUT2D eigenvalue weighted by molar-refractivity contribution is 0.0954. The first kappa shape index (κ1) is 20.7. The number of H-pyrrole nitrogens is 1. The van der Waals surface area contributed by atoms with Gasteiger partial charge >= 0.3 is 0 Å². The molecule has 0 aliphatic heterocycles. The predicted molar refractivity (Wildman–Crippen MR) is 118 cm³/mol. The molecule has 4 aromatic rings. The molecule has 7 nitrogen and oxygen atoms in total. The highest BCUT2D eigenvalue weighted by atomic mass is 35.5. The molecule has 0 atom stereocenters. The molecule has 4 rings (SSSR count). The third-order valence-electron chi connectivity index (χ3n) is 4.56. The van der Waals surface area contributed by atoms with Crippen LogP contribution in [-0.4, -0.2) is 37.2 Å². The number of aromatic amines is 1. The van der Waals surface area contributed by atoms with Crippen molar-refractivity contribution in [2.45, 2.75) is 20.3 Å². The van der Waals surface area contributed by atoms with Gasteiger partial charge in [0.15, 0.2) is 0 Å². The molecule has 0 aliphatic rings. The number of hydrogen-bond acceptors (Lipinski definition) is 4. The summed E-state index contributed by atoms with van der Waals surface area (Å²) in [5, 5.41) is 8.17. The summed E-state index contributed by atoms with van der Waals surface area (Å²) in [5.74, 6) is 1.01. The standard InChI is InChI=1S/C20H17Cl3N6O/c1-10-5-12(21)6-16-19(10)27-17(26-16)3-4-24-20(30)18-14(22)7-13(8-15(18)23)29-9-25-11(2)28-29/h5-9H,3-4H2,1-2H3,(H,24,30)(H,26,27). The summed E-state index contributed by atoms with van der Waals surface area (Å²) in [5.41, 5.74) is 3.56. The van der Waals surface area contributed by atoms with E-state index in [0.29, 0.717) is 29.5 Å². The first-order valence-electron chi connectivity index (χ1n) is 9.12. The van der Waals surface area contributed by atoms with Gasteiger partial charge < -0.3 is 10.3 Å². The fourth-order valence-corrected chi connectivity index (χ4v) is 4.10. The molecule has 0 bridgehead atoms. The first-order valence-corrected chi connectivity index (χ1v) is 10.3. The van der Waals surface area contributed by atoms with Crippen LogP contribution in [0.25, 0.3) is 16.7 Å². The van der Waals surface area contributed by atoms with Gasteiger partial charge in [-0.2, -0.15) is 5.10 Å². The number of aryl methyl sites for hydroxylation is 2. The van der Waals surface area contributed by atoms with Gasteiger partial charge in [-0.15, -0.1) is 0 Å². The van der Waals surface area contributed by atoms with Gasteiger partial charge in [0.2, 0.25) is 0 Å². The van der Waals surface area contributed by atoms with Gasteiger partial charge in [-0.05, 0) is 43.7 Å². The SMILES string of the molecule is Cc1ncn(-c2cc(Cl)c(C(=O)NCCc3nc4c(C)cc(Cl)cc4[nH]3)c(Cl)c2)n1. The van der Waals surface area contributed by atoms with Crippen molar-refractivity contribution in [1.82, 2.24) is 30.0 Å². The normalized spacial score (nSPS) is 11.2. The van der Waals surface area contributed by atoms with Crippen molar-refractivity contribution in [2.75, 3.05) is 6.54 Å². The van der Waals surface area contributed by atoms with Crippen molar-refractivity contribution in [2.24, 2.45) is 0 Å². The highest BCUT2D eigenvalue weighted by Crippen LogP contribution is 2.28. The Kier molecular flexibility index (Phi) is 5.69. The van der Waals surface area contributed by atoms with Gasteiger partial charge in [0.1, 0.15) is 18.0 Å². The Bertz CT molecular complexity index is 1240. The Morgan fingerprint density at radius 2 is 1.87 bits per heavy atom. The molecular weight excluding hydrogens is 447 g/mol. The second-order valence-electron chi connectivity index (χ2n) is 6.83. The van der Waals surface area contributed by atoms with Crippen LogP contribution < -0.4 is 5.32 Å². The summed E-state index contributed by atoms with van der Waals surface area (Å²) < 4.78 is 1.55. The number of imidazole rings is 1. The number of carbonyl (C=O) groups is 1. The second-order valence-corrected chi connectivity index (χ2v) is 8.08. The van der Waals surface area contributed by atoms with Gasteiger partial charge in [0.05, 0.1) is 32.3 Å². The number of aromatic nitrogens is 5. The zero-order valence-electron chi connectivity index (χ0n) is 16.1. The second kappa shape index (κ2) is 8.26. The number of rotatable bonds is 5. The van der Waals surface area contributed by atoms with Crippen molar-refractivity contribution in [3.63, 3.8) is 0 Å². The lowest BCUT2D eigenvalue weighted by Crippen LogP contribution is -2.26. The fourth-order valence-electron chi connectivity index (χ4n) is 3.18. The molecule has 30 heavy (non-hydrogen) atoms. The maximum absolute atomic E-state index is 12.6. The van der Waals surface area contributed by atoms with Gasteiger partial charge in [-0.3, -0.25) is 4.79 Å². The number of hydrogen-bond donors (Lipinski definition) is 2. The maximum atomic E-state index is 12.6. The molecule has 0 aliphatic carbocycles. The molecule has 0 saturated carbocycles. The molecule has 0 saturated heterocycles. The van der Waals surface area contributed by atoms with Gasteiger partial charge in [-0.1, -0.05) is 34.8 Å². The summed E-state index contributed by atoms with van der Waals surface area (Å²) in [4.78, 5) is 24.5. The average molecular weight is 464 g/mol. The van der Waals surface area contributed by atoms with Crippen LogP contribution in [-0.2, 0) is 6.42 Å². The van der Waals surface area contributed by atoms with E-state index in [-0.39, 0.29) is 21.5 Å². The summed E-state index contributed by atoms with van der Waals surface area (Å²) >= 11 is 18.7. The van der Waals surface area contributed by atoms with Crippen molar-refractivity contribution >= 4 is 51.7 Å². The highest BCUT2D eigenvalue weighted by molar-refractivity contribution is 6.40. The molecule has 2 aromatic heterocycles. The lowest BCUT2D eigenvalue weighted by atomic mass is 10.2. The Balaban J connectivity index is 1.46. The van der Waals surface area contributed by atoms with Crippen LogP contribution in [0.4, 0.5) is 0 Å². The summed E-state index contributed by atoms with van der Waals surface area (Å²) in [6.45, 7) is 4.09. The van der Waals surface area contributed by atoms with E-state index >= 15 is 0 Å². The Hall–Kier alpha value is -2.61. The van der Waals surface area contributed by atoms with E-state index in [1.165, 1.54) is 0 Å². The number of nitrogens with zero attached hydrogens (tertiary/aromatic N) is 4. The number of benzene rings is 2. The molecule has 1 amide bonds. The zero-order valence-corrected chi connectivity index (χ0v) is 18.4. The van der Waals surface area contributed by atoms with Crippen LogP contribution in [0.3, 0.4) is 0 Å². The Labute approximate surface area is 187 Å². The van der Waals surface area contributed by atoms with Crippen molar-refractivity contribution in [3.8, 4) is 5.69 Å². The van der Waals surface area contributed by atoms with Crippen LogP contribution in [0.1, 0.15) is 27.6 Å². The predicted octanol–water partition coefficient (Wildman–Crippen LogP) is 4.69. The largest absolute Gasteiger partial charge is 0.351 e. The number of halogens is 3. The molecule has 2 heterocycles. The number of fused-ring (bicyclic) bond motifs is 1. The van der Waals surface area contributed by atoms with Crippen LogP contribution in [0.2, 0.25) is 15.1 Å². The molecule has 0 unspecified atom stereocenters. The van der Waals surface area contributed by atoms with E-state index in [1.807, 2.05) is 19.1 Å². The molecule has 154 valence electrons. The van der Waals surface area contributed by atoms with Crippen molar-refractivity contribution in [3.05, 3.63) is 68.4 Å². The summed E-state index contributed by atoms with van der Waals surface area (Å²) in [6.07, 6.45) is 2.07. The molecule has 10 heteroatoms. The van der Waals surface area contributed by atoms with E-state index < -0.39 is 0 Å². The monoisotopic (exact) mass is 462 g/mol. The topological polar surface area (TPSA) is 88.5 Å². The Morgan fingerprint density at radius 3 is 2.53 bits per heavy atom. The molecule has 0 radical (unpaired) electrons. The van der Waals surface area contributed by atoms with E-state index in [1.54, 1.807) is 30.1 Å². The van der Waals surface area contributed by atoms with Crippen molar-refractivity contribution in [1.29, 1.82) is 0 Å². The quantitative estimate of drug-likeness (QED) is 0.449. The van der Waals surface area contributed by atoms with E-state index in [9.17, 15) is 4.79 Å². The minimum Gasteiger partial charge on any atom is -0.351 e. The van der Waals surface area contributed by atoms with Crippen LogP contribution in [0, 0.1) is 13.8 Å². The Morgan fingerprint density at radius 1 is 1.13 bits per heavy atom.